The van der Waals surface area contributed by atoms with Gasteiger partial charge in [0.15, 0.2) is 5.82 Å². The zero-order valence-electron chi connectivity index (χ0n) is 9.14. The van der Waals surface area contributed by atoms with E-state index in [-0.39, 0.29) is 5.56 Å². The molecule has 0 saturated heterocycles. The third-order valence-corrected chi connectivity index (χ3v) is 2.82. The van der Waals surface area contributed by atoms with Crippen molar-refractivity contribution in [2.75, 3.05) is 11.9 Å². The van der Waals surface area contributed by atoms with Crippen LogP contribution >= 0.6 is 15.9 Å². The third kappa shape index (κ3) is 2.90. The van der Waals surface area contributed by atoms with Crippen molar-refractivity contribution >= 4 is 21.7 Å². The van der Waals surface area contributed by atoms with Gasteiger partial charge in [-0.15, -0.1) is 0 Å². The molecule has 90 valence electrons. The number of aryl methyl sites for hydroxylation is 1. The molecule has 17 heavy (non-hydrogen) atoms. The summed E-state index contributed by atoms with van der Waals surface area (Å²) in [5.41, 5.74) is -0.210. The molecule has 0 atom stereocenters. The number of aromatic nitrogens is 5. The van der Waals surface area contributed by atoms with Gasteiger partial charge in [-0.05, 0) is 15.9 Å². The minimum Gasteiger partial charge on any atom is -0.368 e. The van der Waals surface area contributed by atoms with Crippen LogP contribution in [0.3, 0.4) is 0 Å². The first-order valence-corrected chi connectivity index (χ1v) is 5.77. The molecular formula is C9H11BrN6O. The van der Waals surface area contributed by atoms with Crippen molar-refractivity contribution in [1.29, 1.82) is 0 Å². The molecule has 2 N–H and O–H groups in total. The number of rotatable bonds is 4. The highest BCUT2D eigenvalue weighted by atomic mass is 79.9. The van der Waals surface area contributed by atoms with Crippen molar-refractivity contribution in [2.24, 2.45) is 7.05 Å². The summed E-state index contributed by atoms with van der Waals surface area (Å²) < 4.78 is 2.05. The SMILES string of the molecule is Cn1cnc(CCNc2nc[nH]c(=O)c2Br)n1. The van der Waals surface area contributed by atoms with Gasteiger partial charge >= 0.3 is 0 Å². The van der Waals surface area contributed by atoms with E-state index in [1.165, 1.54) is 6.33 Å². The molecule has 2 rings (SSSR count). The van der Waals surface area contributed by atoms with Gasteiger partial charge in [-0.3, -0.25) is 9.48 Å². The highest BCUT2D eigenvalue weighted by Gasteiger charge is 2.05. The van der Waals surface area contributed by atoms with Crippen LogP contribution in [0, 0.1) is 0 Å². The predicted molar refractivity (Wildman–Crippen MR) is 65.8 cm³/mol. The van der Waals surface area contributed by atoms with Crippen molar-refractivity contribution in [1.82, 2.24) is 24.7 Å². The number of nitrogens with zero attached hydrogens (tertiary/aromatic N) is 4. The number of H-pyrrole nitrogens is 1. The lowest BCUT2D eigenvalue weighted by atomic mass is 10.4. The van der Waals surface area contributed by atoms with Crippen molar-refractivity contribution in [3.05, 3.63) is 33.3 Å². The second-order valence-electron chi connectivity index (χ2n) is 3.41. The molecule has 0 aliphatic carbocycles. The Kier molecular flexibility index (Phi) is 3.52. The van der Waals surface area contributed by atoms with E-state index >= 15 is 0 Å². The van der Waals surface area contributed by atoms with E-state index < -0.39 is 0 Å². The fourth-order valence-corrected chi connectivity index (χ4v) is 1.65. The smallest absolute Gasteiger partial charge is 0.267 e. The van der Waals surface area contributed by atoms with Gasteiger partial charge in [-0.2, -0.15) is 5.10 Å². The molecule has 0 unspecified atom stereocenters. The van der Waals surface area contributed by atoms with Crippen molar-refractivity contribution in [3.63, 3.8) is 0 Å². The first-order valence-electron chi connectivity index (χ1n) is 4.98. The quantitative estimate of drug-likeness (QED) is 0.848. The Bertz CT molecular complexity index is 563. The highest BCUT2D eigenvalue weighted by molar-refractivity contribution is 9.10. The van der Waals surface area contributed by atoms with Gasteiger partial charge in [-0.25, -0.2) is 9.97 Å². The molecule has 0 aromatic carbocycles. The van der Waals surface area contributed by atoms with Crippen LogP contribution in [-0.4, -0.2) is 31.3 Å². The second kappa shape index (κ2) is 5.09. The van der Waals surface area contributed by atoms with Gasteiger partial charge in [0.2, 0.25) is 0 Å². The molecule has 0 saturated carbocycles. The molecule has 0 amide bonds. The number of nitrogens with one attached hydrogen (secondary N) is 2. The maximum atomic E-state index is 11.3. The summed E-state index contributed by atoms with van der Waals surface area (Å²) in [5.74, 6) is 1.27. The van der Waals surface area contributed by atoms with Gasteiger partial charge in [0.1, 0.15) is 16.6 Å². The molecule has 7 nitrogen and oxygen atoms in total. The maximum Gasteiger partial charge on any atom is 0.267 e. The average molecular weight is 299 g/mol. The van der Waals surface area contributed by atoms with E-state index in [1.807, 2.05) is 7.05 Å². The van der Waals surface area contributed by atoms with Crippen LogP contribution in [-0.2, 0) is 13.5 Å². The minimum atomic E-state index is -0.210. The average Bonchev–Trinajstić information content (AvgIpc) is 2.70. The number of aromatic amines is 1. The van der Waals surface area contributed by atoms with E-state index in [2.05, 4.69) is 41.3 Å². The fourth-order valence-electron chi connectivity index (χ4n) is 1.30. The van der Waals surface area contributed by atoms with Crippen LogP contribution in [0.2, 0.25) is 0 Å². The summed E-state index contributed by atoms with van der Waals surface area (Å²) in [7, 11) is 1.82. The summed E-state index contributed by atoms with van der Waals surface area (Å²) in [6.07, 6.45) is 3.67. The normalized spacial score (nSPS) is 10.5. The molecule has 2 heterocycles. The van der Waals surface area contributed by atoms with Crippen LogP contribution in [0.15, 0.2) is 21.9 Å². The maximum absolute atomic E-state index is 11.3. The van der Waals surface area contributed by atoms with Crippen molar-refractivity contribution < 1.29 is 0 Å². The molecule has 0 aliphatic heterocycles. The van der Waals surface area contributed by atoms with Crippen LogP contribution < -0.4 is 10.9 Å². The molecule has 0 aliphatic rings. The molecule has 2 aromatic heterocycles. The van der Waals surface area contributed by atoms with Crippen LogP contribution in [0.25, 0.3) is 0 Å². The van der Waals surface area contributed by atoms with E-state index in [9.17, 15) is 4.79 Å². The summed E-state index contributed by atoms with van der Waals surface area (Å²) >= 11 is 3.17. The summed E-state index contributed by atoms with van der Waals surface area (Å²) in [6, 6.07) is 0. The predicted octanol–water partition coefficient (Wildman–Crippen LogP) is 0.315. The topological polar surface area (TPSA) is 88.5 Å². The van der Waals surface area contributed by atoms with Gasteiger partial charge in [-0.1, -0.05) is 0 Å². The molecule has 0 bridgehead atoms. The zero-order chi connectivity index (χ0) is 12.3. The first kappa shape index (κ1) is 11.8. The summed E-state index contributed by atoms with van der Waals surface area (Å²) in [4.78, 5) is 21.9. The lowest BCUT2D eigenvalue weighted by molar-refractivity contribution is 0.741. The Morgan fingerprint density at radius 3 is 3.06 bits per heavy atom. The van der Waals surface area contributed by atoms with E-state index in [1.54, 1.807) is 11.0 Å². The number of halogens is 1. The zero-order valence-corrected chi connectivity index (χ0v) is 10.7. The molecule has 2 aromatic rings. The fraction of sp³-hybridized carbons (Fsp3) is 0.333. The van der Waals surface area contributed by atoms with E-state index in [0.29, 0.717) is 23.3 Å². The molecule has 8 heteroatoms. The van der Waals surface area contributed by atoms with Crippen molar-refractivity contribution in [3.8, 4) is 0 Å². The monoisotopic (exact) mass is 298 g/mol. The van der Waals surface area contributed by atoms with Gasteiger partial charge < -0.3 is 10.3 Å². The number of hydrogen-bond acceptors (Lipinski definition) is 5. The Balaban J connectivity index is 1.94. The lowest BCUT2D eigenvalue weighted by Gasteiger charge is -2.04. The second-order valence-corrected chi connectivity index (χ2v) is 4.20. The number of anilines is 1. The highest BCUT2D eigenvalue weighted by Crippen LogP contribution is 2.12. The largest absolute Gasteiger partial charge is 0.368 e. The van der Waals surface area contributed by atoms with Crippen LogP contribution in [0.4, 0.5) is 5.82 Å². The standard InChI is InChI=1S/C9H11BrN6O/c1-16-5-14-6(15-16)2-3-11-8-7(10)9(17)13-4-12-8/h4-5H,2-3H2,1H3,(H2,11,12,13,17). The third-order valence-electron chi connectivity index (χ3n) is 2.08. The first-order chi connectivity index (χ1) is 8.16. The van der Waals surface area contributed by atoms with Crippen LogP contribution in [0.5, 0.6) is 0 Å². The van der Waals surface area contributed by atoms with Gasteiger partial charge in [0.05, 0.1) is 6.33 Å². The minimum absolute atomic E-state index is 0.210. The van der Waals surface area contributed by atoms with Gasteiger partial charge in [0, 0.05) is 20.0 Å². The summed E-state index contributed by atoms with van der Waals surface area (Å²) in [6.45, 7) is 0.610. The van der Waals surface area contributed by atoms with Gasteiger partial charge in [0.25, 0.3) is 5.56 Å². The Hall–Kier alpha value is -1.70. The Morgan fingerprint density at radius 1 is 1.53 bits per heavy atom. The molecule has 0 radical (unpaired) electrons. The molecule has 0 fully saturated rings. The summed E-state index contributed by atoms with van der Waals surface area (Å²) in [5, 5.41) is 7.19. The van der Waals surface area contributed by atoms with Crippen LogP contribution in [0.1, 0.15) is 5.82 Å². The van der Waals surface area contributed by atoms with E-state index in [0.717, 1.165) is 5.82 Å². The van der Waals surface area contributed by atoms with Crippen molar-refractivity contribution in [2.45, 2.75) is 6.42 Å². The molecular weight excluding hydrogens is 288 g/mol. The number of hydrogen-bond donors (Lipinski definition) is 2. The Labute approximate surface area is 105 Å². The van der Waals surface area contributed by atoms with E-state index in [4.69, 9.17) is 0 Å². The lowest BCUT2D eigenvalue weighted by Crippen LogP contribution is -2.14. The molecule has 0 spiro atoms. The Morgan fingerprint density at radius 2 is 2.35 bits per heavy atom.